The zero-order valence-electron chi connectivity index (χ0n) is 15.6. The number of nitrogens with zero attached hydrogens (tertiary/aromatic N) is 4. The normalized spacial score (nSPS) is 21.6. The van der Waals surface area contributed by atoms with Crippen LogP contribution in [0.25, 0.3) is 10.9 Å². The summed E-state index contributed by atoms with van der Waals surface area (Å²) >= 11 is 0. The Morgan fingerprint density at radius 3 is 2.79 bits per heavy atom. The van der Waals surface area contributed by atoms with E-state index in [2.05, 4.69) is 20.4 Å². The predicted octanol–water partition coefficient (Wildman–Crippen LogP) is 3.41. The minimum atomic E-state index is -0.301. The Bertz CT molecular complexity index is 1090. The average Bonchev–Trinajstić information content (AvgIpc) is 3.15. The SMILES string of the molecule is O=c1cc2c(nn1C1CCC(Nc3ncnc4cc(F)ccc34)CC1)CCC2. The molecule has 1 fully saturated rings. The lowest BCUT2D eigenvalue weighted by molar-refractivity contribution is 0.302. The number of nitrogens with one attached hydrogen (secondary N) is 1. The Balaban J connectivity index is 1.30. The number of anilines is 1. The number of rotatable bonds is 3. The summed E-state index contributed by atoms with van der Waals surface area (Å²) in [7, 11) is 0. The van der Waals surface area contributed by atoms with Gasteiger partial charge in [-0.2, -0.15) is 5.10 Å². The topological polar surface area (TPSA) is 72.7 Å². The van der Waals surface area contributed by atoms with Crippen molar-refractivity contribution in [2.75, 3.05) is 5.32 Å². The summed E-state index contributed by atoms with van der Waals surface area (Å²) in [6, 6.07) is 6.78. The van der Waals surface area contributed by atoms with Crippen LogP contribution in [0.2, 0.25) is 0 Å². The molecule has 3 aromatic rings. The lowest BCUT2D eigenvalue weighted by Crippen LogP contribution is -2.34. The van der Waals surface area contributed by atoms with Crippen LogP contribution < -0.4 is 10.9 Å². The summed E-state index contributed by atoms with van der Waals surface area (Å²) in [5.41, 5.74) is 2.85. The number of halogens is 1. The molecule has 0 atom stereocenters. The van der Waals surface area contributed by atoms with Gasteiger partial charge in [0.2, 0.25) is 0 Å². The molecule has 0 amide bonds. The molecule has 0 spiro atoms. The van der Waals surface area contributed by atoms with E-state index < -0.39 is 0 Å². The van der Waals surface area contributed by atoms with Gasteiger partial charge in [-0.15, -0.1) is 0 Å². The van der Waals surface area contributed by atoms with Crippen molar-refractivity contribution in [3.63, 3.8) is 0 Å². The second kappa shape index (κ2) is 6.96. The molecule has 144 valence electrons. The van der Waals surface area contributed by atoms with Gasteiger partial charge in [0.15, 0.2) is 0 Å². The molecule has 0 unspecified atom stereocenters. The largest absolute Gasteiger partial charge is 0.367 e. The fraction of sp³-hybridized carbons (Fsp3) is 0.429. The van der Waals surface area contributed by atoms with E-state index in [0.29, 0.717) is 5.52 Å². The lowest BCUT2D eigenvalue weighted by atomic mass is 9.91. The first kappa shape index (κ1) is 17.3. The molecule has 2 aliphatic carbocycles. The predicted molar refractivity (Wildman–Crippen MR) is 105 cm³/mol. The maximum Gasteiger partial charge on any atom is 0.267 e. The van der Waals surface area contributed by atoms with Gasteiger partial charge in [-0.3, -0.25) is 4.79 Å². The standard InChI is InChI=1S/C21H22FN5O/c22-14-4-9-17-19(11-14)23-12-24-21(17)25-15-5-7-16(8-6-15)27-20(28)10-13-2-1-3-18(13)26-27/h4,9-12,15-16H,1-3,5-8H2,(H,23,24,25). The first-order chi connectivity index (χ1) is 13.7. The molecule has 28 heavy (non-hydrogen) atoms. The minimum absolute atomic E-state index is 0.0286. The van der Waals surface area contributed by atoms with Crippen molar-refractivity contribution < 1.29 is 4.39 Å². The Morgan fingerprint density at radius 2 is 1.93 bits per heavy atom. The van der Waals surface area contributed by atoms with Crippen LogP contribution in [0.3, 0.4) is 0 Å². The molecule has 0 radical (unpaired) electrons. The molecule has 5 rings (SSSR count). The van der Waals surface area contributed by atoms with Gasteiger partial charge < -0.3 is 5.32 Å². The molecule has 2 heterocycles. The number of fused-ring (bicyclic) bond motifs is 2. The van der Waals surface area contributed by atoms with Crippen LogP contribution in [-0.2, 0) is 12.8 Å². The molecule has 7 heteroatoms. The van der Waals surface area contributed by atoms with Gasteiger partial charge in [0.05, 0.1) is 17.3 Å². The number of benzene rings is 1. The minimum Gasteiger partial charge on any atom is -0.367 e. The Morgan fingerprint density at radius 1 is 1.07 bits per heavy atom. The highest BCUT2D eigenvalue weighted by Crippen LogP contribution is 2.30. The molecule has 1 saturated carbocycles. The number of aryl methyl sites for hydroxylation is 2. The molecule has 1 N–H and O–H groups in total. The van der Waals surface area contributed by atoms with E-state index in [1.165, 1.54) is 18.5 Å². The van der Waals surface area contributed by atoms with Crippen molar-refractivity contribution in [3.05, 3.63) is 58.0 Å². The zero-order chi connectivity index (χ0) is 19.1. The lowest BCUT2D eigenvalue weighted by Gasteiger charge is -2.30. The average molecular weight is 379 g/mol. The van der Waals surface area contributed by atoms with Crippen LogP contribution in [0, 0.1) is 5.82 Å². The quantitative estimate of drug-likeness (QED) is 0.755. The van der Waals surface area contributed by atoms with Crippen molar-refractivity contribution in [1.82, 2.24) is 19.7 Å². The van der Waals surface area contributed by atoms with E-state index in [-0.39, 0.29) is 23.5 Å². The maximum absolute atomic E-state index is 13.4. The highest BCUT2D eigenvalue weighted by Gasteiger charge is 2.26. The summed E-state index contributed by atoms with van der Waals surface area (Å²) in [5.74, 6) is 0.436. The molecular formula is C21H22FN5O. The first-order valence-corrected chi connectivity index (χ1v) is 9.96. The Kier molecular flexibility index (Phi) is 4.30. The van der Waals surface area contributed by atoms with Gasteiger partial charge in [-0.05, 0) is 62.6 Å². The summed E-state index contributed by atoms with van der Waals surface area (Å²) in [6.45, 7) is 0. The van der Waals surface area contributed by atoms with Crippen molar-refractivity contribution in [2.45, 2.75) is 57.0 Å². The summed E-state index contributed by atoms with van der Waals surface area (Å²) in [5, 5.41) is 8.97. The molecule has 0 bridgehead atoms. The molecule has 2 aliphatic rings. The summed E-state index contributed by atoms with van der Waals surface area (Å²) < 4.78 is 15.1. The maximum atomic E-state index is 13.4. The molecule has 2 aromatic heterocycles. The van der Waals surface area contributed by atoms with Crippen LogP contribution in [-0.4, -0.2) is 25.8 Å². The fourth-order valence-corrected chi connectivity index (χ4v) is 4.48. The van der Waals surface area contributed by atoms with Gasteiger partial charge >= 0.3 is 0 Å². The van der Waals surface area contributed by atoms with E-state index in [9.17, 15) is 9.18 Å². The third kappa shape index (κ3) is 3.15. The van der Waals surface area contributed by atoms with Gasteiger partial charge in [-0.1, -0.05) is 0 Å². The second-order valence-electron chi connectivity index (χ2n) is 7.79. The fourth-order valence-electron chi connectivity index (χ4n) is 4.48. The van der Waals surface area contributed by atoms with Crippen LogP contribution in [0.4, 0.5) is 10.2 Å². The van der Waals surface area contributed by atoms with Gasteiger partial charge in [0.25, 0.3) is 5.56 Å². The molecule has 6 nitrogen and oxygen atoms in total. The van der Waals surface area contributed by atoms with E-state index in [1.807, 2.05) is 0 Å². The molecule has 0 aliphatic heterocycles. The van der Waals surface area contributed by atoms with E-state index >= 15 is 0 Å². The van der Waals surface area contributed by atoms with Gasteiger partial charge in [0.1, 0.15) is 18.0 Å². The Hall–Kier alpha value is -2.83. The van der Waals surface area contributed by atoms with Crippen molar-refractivity contribution in [1.29, 1.82) is 0 Å². The van der Waals surface area contributed by atoms with Crippen LogP contribution in [0.15, 0.2) is 35.4 Å². The zero-order valence-corrected chi connectivity index (χ0v) is 15.6. The first-order valence-electron chi connectivity index (χ1n) is 9.96. The number of hydrogen-bond acceptors (Lipinski definition) is 5. The molecule has 1 aromatic carbocycles. The van der Waals surface area contributed by atoms with Crippen molar-refractivity contribution in [3.8, 4) is 0 Å². The third-order valence-electron chi connectivity index (χ3n) is 5.96. The van der Waals surface area contributed by atoms with Crippen LogP contribution in [0.1, 0.15) is 49.4 Å². The monoisotopic (exact) mass is 379 g/mol. The highest BCUT2D eigenvalue weighted by molar-refractivity contribution is 5.88. The number of aromatic nitrogens is 4. The summed E-state index contributed by atoms with van der Waals surface area (Å²) in [4.78, 5) is 21.0. The van der Waals surface area contributed by atoms with E-state index in [1.54, 1.807) is 16.8 Å². The van der Waals surface area contributed by atoms with Crippen LogP contribution >= 0.6 is 0 Å². The Labute approximate surface area is 161 Å². The smallest absolute Gasteiger partial charge is 0.267 e. The molecule has 0 saturated heterocycles. The van der Waals surface area contributed by atoms with Gasteiger partial charge in [-0.25, -0.2) is 19.0 Å². The third-order valence-corrected chi connectivity index (χ3v) is 5.96. The van der Waals surface area contributed by atoms with Crippen molar-refractivity contribution >= 4 is 16.7 Å². The number of hydrogen-bond donors (Lipinski definition) is 1. The second-order valence-corrected chi connectivity index (χ2v) is 7.79. The van der Waals surface area contributed by atoms with E-state index in [4.69, 9.17) is 0 Å². The van der Waals surface area contributed by atoms with Crippen LogP contribution in [0.5, 0.6) is 0 Å². The van der Waals surface area contributed by atoms with E-state index in [0.717, 1.165) is 67.4 Å². The molecular weight excluding hydrogens is 357 g/mol. The summed E-state index contributed by atoms with van der Waals surface area (Å²) in [6.07, 6.45) is 8.19. The van der Waals surface area contributed by atoms with Crippen molar-refractivity contribution in [2.24, 2.45) is 0 Å². The van der Waals surface area contributed by atoms with Gasteiger partial charge in [0, 0.05) is 23.6 Å². The highest BCUT2D eigenvalue weighted by atomic mass is 19.1.